The first-order valence-electron chi connectivity index (χ1n) is 8.81. The van der Waals surface area contributed by atoms with E-state index in [0.717, 1.165) is 23.3 Å². The van der Waals surface area contributed by atoms with Gasteiger partial charge in [0.05, 0.1) is 18.5 Å². The van der Waals surface area contributed by atoms with Crippen LogP contribution in [0, 0.1) is 0 Å². The topological polar surface area (TPSA) is 88.8 Å². The number of amides is 2. The second-order valence-electron chi connectivity index (χ2n) is 6.23. The summed E-state index contributed by atoms with van der Waals surface area (Å²) in [6, 6.07) is 11.0. The zero-order valence-electron chi connectivity index (χ0n) is 14.7. The molecule has 1 aliphatic rings. The van der Waals surface area contributed by atoms with E-state index in [2.05, 4.69) is 15.4 Å². The molecule has 138 valence electrons. The minimum Gasteiger partial charge on any atom is -0.449 e. The predicted molar refractivity (Wildman–Crippen MR) is 98.3 cm³/mol. The fraction of sp³-hybridized carbons (Fsp3) is 0.263. The maximum atomic E-state index is 12.3. The van der Waals surface area contributed by atoms with Crippen molar-refractivity contribution < 1.29 is 14.3 Å². The van der Waals surface area contributed by atoms with Gasteiger partial charge in [-0.1, -0.05) is 12.1 Å². The van der Waals surface area contributed by atoms with Gasteiger partial charge in [0.1, 0.15) is 0 Å². The number of aromatic nitrogens is 3. The third-order valence-corrected chi connectivity index (χ3v) is 4.44. The molecule has 2 aromatic heterocycles. The molecule has 8 nitrogen and oxygen atoms in total. The van der Waals surface area contributed by atoms with Crippen LogP contribution in [0.25, 0.3) is 16.9 Å². The number of benzene rings is 1. The lowest BCUT2D eigenvalue weighted by atomic mass is 10.1. The number of hydrogen-bond donors (Lipinski definition) is 1. The van der Waals surface area contributed by atoms with Crippen LogP contribution in [0.2, 0.25) is 0 Å². The zero-order chi connectivity index (χ0) is 18.6. The van der Waals surface area contributed by atoms with Crippen molar-refractivity contribution in [3.8, 4) is 11.3 Å². The van der Waals surface area contributed by atoms with Crippen molar-refractivity contribution in [3.05, 3.63) is 54.4 Å². The molecule has 0 radical (unpaired) electrons. The average Bonchev–Trinajstić information content (AvgIpc) is 3.14. The van der Waals surface area contributed by atoms with Crippen molar-refractivity contribution in [1.82, 2.24) is 24.8 Å². The molecule has 0 atom stereocenters. The molecule has 1 fully saturated rings. The molecule has 1 aromatic carbocycles. The predicted octanol–water partition coefficient (Wildman–Crippen LogP) is 1.97. The summed E-state index contributed by atoms with van der Waals surface area (Å²) in [5, 5.41) is 7.13. The molecule has 1 saturated heterocycles. The highest BCUT2D eigenvalue weighted by Gasteiger charge is 2.19. The van der Waals surface area contributed by atoms with Crippen LogP contribution in [-0.2, 0) is 4.74 Å². The Morgan fingerprint density at radius 2 is 2.07 bits per heavy atom. The summed E-state index contributed by atoms with van der Waals surface area (Å²) in [7, 11) is 0. The molecule has 1 N–H and O–H groups in total. The molecule has 0 spiro atoms. The summed E-state index contributed by atoms with van der Waals surface area (Å²) in [6.07, 6.45) is 3.97. The molecule has 4 rings (SSSR count). The average molecular weight is 365 g/mol. The number of rotatable bonds is 5. The van der Waals surface area contributed by atoms with Gasteiger partial charge in [0.15, 0.2) is 5.65 Å². The number of cyclic esters (lactones) is 1. The van der Waals surface area contributed by atoms with Crippen molar-refractivity contribution in [2.45, 2.75) is 6.42 Å². The molecule has 0 aliphatic carbocycles. The van der Waals surface area contributed by atoms with E-state index in [4.69, 9.17) is 4.74 Å². The SMILES string of the molecule is O=C(NCCN1CCCOC1=O)c1ccc(-c2cnc3cccnn23)cc1. The second kappa shape index (κ2) is 7.45. The molecule has 27 heavy (non-hydrogen) atoms. The van der Waals surface area contributed by atoms with Gasteiger partial charge in [0.2, 0.25) is 0 Å². The Kier molecular flexibility index (Phi) is 4.69. The van der Waals surface area contributed by atoms with Crippen LogP contribution in [0.1, 0.15) is 16.8 Å². The van der Waals surface area contributed by atoms with Crippen molar-refractivity contribution >= 4 is 17.6 Å². The van der Waals surface area contributed by atoms with Crippen molar-refractivity contribution in [1.29, 1.82) is 0 Å². The fourth-order valence-electron chi connectivity index (χ4n) is 3.03. The van der Waals surface area contributed by atoms with Gasteiger partial charge in [-0.05, 0) is 30.7 Å². The first-order chi connectivity index (χ1) is 13.2. The van der Waals surface area contributed by atoms with Gasteiger partial charge in [0, 0.05) is 37.0 Å². The van der Waals surface area contributed by atoms with Gasteiger partial charge in [-0.2, -0.15) is 5.10 Å². The Bertz CT molecular complexity index is 967. The monoisotopic (exact) mass is 365 g/mol. The Balaban J connectivity index is 1.38. The maximum absolute atomic E-state index is 12.3. The smallest absolute Gasteiger partial charge is 0.409 e. The lowest BCUT2D eigenvalue weighted by molar-refractivity contribution is 0.0719. The Morgan fingerprint density at radius 3 is 2.89 bits per heavy atom. The highest BCUT2D eigenvalue weighted by atomic mass is 16.6. The number of carbonyl (C=O) groups is 2. The molecule has 3 aromatic rings. The third-order valence-electron chi connectivity index (χ3n) is 4.44. The van der Waals surface area contributed by atoms with Crippen LogP contribution >= 0.6 is 0 Å². The quantitative estimate of drug-likeness (QED) is 0.747. The fourth-order valence-corrected chi connectivity index (χ4v) is 3.03. The van der Waals surface area contributed by atoms with E-state index >= 15 is 0 Å². The van der Waals surface area contributed by atoms with E-state index in [9.17, 15) is 9.59 Å². The van der Waals surface area contributed by atoms with Crippen molar-refractivity contribution in [2.24, 2.45) is 0 Å². The highest BCUT2D eigenvalue weighted by Crippen LogP contribution is 2.20. The molecule has 8 heteroatoms. The number of carbonyl (C=O) groups excluding carboxylic acids is 2. The second-order valence-corrected chi connectivity index (χ2v) is 6.23. The molecule has 3 heterocycles. The van der Waals surface area contributed by atoms with Crippen molar-refractivity contribution in [3.63, 3.8) is 0 Å². The van der Waals surface area contributed by atoms with E-state index in [1.807, 2.05) is 24.3 Å². The first-order valence-corrected chi connectivity index (χ1v) is 8.81. The highest BCUT2D eigenvalue weighted by molar-refractivity contribution is 5.94. The number of hydrogen-bond acceptors (Lipinski definition) is 5. The molecule has 0 bridgehead atoms. The number of fused-ring (bicyclic) bond motifs is 1. The van der Waals surface area contributed by atoms with Crippen LogP contribution in [0.4, 0.5) is 4.79 Å². The van der Waals surface area contributed by atoms with Crippen LogP contribution in [0.5, 0.6) is 0 Å². The maximum Gasteiger partial charge on any atom is 0.409 e. The van der Waals surface area contributed by atoms with E-state index < -0.39 is 0 Å². The molecular weight excluding hydrogens is 346 g/mol. The van der Waals surface area contributed by atoms with E-state index in [1.165, 1.54) is 0 Å². The van der Waals surface area contributed by atoms with Gasteiger partial charge >= 0.3 is 6.09 Å². The number of ether oxygens (including phenoxy) is 1. The van der Waals surface area contributed by atoms with Crippen LogP contribution < -0.4 is 5.32 Å². The van der Waals surface area contributed by atoms with Crippen LogP contribution in [-0.4, -0.2) is 57.7 Å². The minimum absolute atomic E-state index is 0.178. The summed E-state index contributed by atoms with van der Waals surface area (Å²) in [6.45, 7) is 1.95. The molecule has 0 saturated carbocycles. The van der Waals surface area contributed by atoms with Gasteiger partial charge in [-0.25, -0.2) is 14.3 Å². The van der Waals surface area contributed by atoms with E-state index in [-0.39, 0.29) is 12.0 Å². The number of nitrogens with one attached hydrogen (secondary N) is 1. The minimum atomic E-state index is -0.318. The zero-order valence-corrected chi connectivity index (χ0v) is 14.7. The standard InChI is InChI=1S/C19H19N5O3/c25-18(20-9-11-23-10-2-12-27-19(23)26)15-6-4-14(5-7-15)16-13-21-17-3-1-8-22-24(16)17/h1,3-8,13H,2,9-12H2,(H,20,25). The molecular formula is C19H19N5O3. The number of imidazole rings is 1. The molecule has 0 unspecified atom stereocenters. The summed E-state index contributed by atoms with van der Waals surface area (Å²) >= 11 is 0. The summed E-state index contributed by atoms with van der Waals surface area (Å²) in [4.78, 5) is 29.8. The summed E-state index contributed by atoms with van der Waals surface area (Å²) < 4.78 is 6.73. The first kappa shape index (κ1) is 17.0. The summed E-state index contributed by atoms with van der Waals surface area (Å²) in [5.74, 6) is -0.178. The van der Waals surface area contributed by atoms with Gasteiger partial charge < -0.3 is 15.0 Å². The third kappa shape index (κ3) is 3.59. The van der Waals surface area contributed by atoms with E-state index in [0.29, 0.717) is 31.8 Å². The van der Waals surface area contributed by atoms with Crippen LogP contribution in [0.3, 0.4) is 0 Å². The van der Waals surface area contributed by atoms with Crippen molar-refractivity contribution in [2.75, 3.05) is 26.2 Å². The lowest BCUT2D eigenvalue weighted by Crippen LogP contribution is -2.42. The van der Waals surface area contributed by atoms with E-state index in [1.54, 1.807) is 33.9 Å². The van der Waals surface area contributed by atoms with Crippen LogP contribution in [0.15, 0.2) is 48.8 Å². The summed E-state index contributed by atoms with van der Waals surface area (Å²) in [5.41, 5.74) is 3.11. The number of nitrogens with zero attached hydrogens (tertiary/aromatic N) is 4. The normalized spacial score (nSPS) is 14.2. The largest absolute Gasteiger partial charge is 0.449 e. The van der Waals surface area contributed by atoms with Gasteiger partial charge in [0.25, 0.3) is 5.91 Å². The Labute approximate surface area is 155 Å². The lowest BCUT2D eigenvalue weighted by Gasteiger charge is -2.26. The van der Waals surface area contributed by atoms with Gasteiger partial charge in [-0.3, -0.25) is 4.79 Å². The molecule has 1 aliphatic heterocycles. The molecule has 2 amide bonds. The van der Waals surface area contributed by atoms with Gasteiger partial charge in [-0.15, -0.1) is 0 Å². The Hall–Kier alpha value is -3.42. The Morgan fingerprint density at radius 1 is 1.22 bits per heavy atom.